The van der Waals surface area contributed by atoms with Crippen LogP contribution >= 0.6 is 0 Å². The Morgan fingerprint density at radius 2 is 1.68 bits per heavy atom. The first-order chi connectivity index (χ1) is 15.3. The van der Waals surface area contributed by atoms with Gasteiger partial charge in [0.1, 0.15) is 11.6 Å². The highest BCUT2D eigenvalue weighted by Gasteiger charge is 2.31. The average molecular weight is 422 g/mol. The Morgan fingerprint density at radius 1 is 0.935 bits per heavy atom. The minimum absolute atomic E-state index is 0.574. The van der Waals surface area contributed by atoms with Gasteiger partial charge in [-0.3, -0.25) is 4.90 Å². The summed E-state index contributed by atoms with van der Waals surface area (Å²) in [6.45, 7) is 5.15. The third kappa shape index (κ3) is 5.12. The van der Waals surface area contributed by atoms with Crippen LogP contribution in [-0.4, -0.2) is 54.2 Å². The van der Waals surface area contributed by atoms with Crippen molar-refractivity contribution in [3.63, 3.8) is 0 Å². The summed E-state index contributed by atoms with van der Waals surface area (Å²) in [4.78, 5) is 15.0. The van der Waals surface area contributed by atoms with E-state index < -0.39 is 0 Å². The van der Waals surface area contributed by atoms with Crippen LogP contribution in [0.5, 0.6) is 5.75 Å². The molecular weight excluding hydrogens is 386 g/mol. The lowest BCUT2D eigenvalue weighted by Gasteiger charge is -2.36. The number of hydrogen-bond donors (Lipinski definition) is 1. The Labute approximate surface area is 186 Å². The van der Waals surface area contributed by atoms with E-state index in [0.29, 0.717) is 12.5 Å². The van der Waals surface area contributed by atoms with Crippen molar-refractivity contribution in [2.75, 3.05) is 43.5 Å². The fraction of sp³-hybridized carbons (Fsp3) is 0.600. The number of rotatable bonds is 7. The molecule has 6 nitrogen and oxygen atoms in total. The van der Waals surface area contributed by atoms with Gasteiger partial charge in [0.15, 0.2) is 0 Å². The predicted octanol–water partition coefficient (Wildman–Crippen LogP) is 4.43. The molecule has 1 aliphatic heterocycles. The molecule has 1 saturated heterocycles. The quantitative estimate of drug-likeness (QED) is 0.714. The highest BCUT2D eigenvalue weighted by Crippen LogP contribution is 2.34. The molecule has 1 N–H and O–H groups in total. The lowest BCUT2D eigenvalue weighted by atomic mass is 9.87. The maximum Gasteiger partial charge on any atom is 0.225 e. The standard InChI is InChI=1S/C25H35N5O/c1-31-22-11-7-19(8-12-22)18-26-25-27-23(20-5-3-2-4-6-20)17-24(28-25)30-15-13-29(14-16-30)21-9-10-21/h7-8,11-12,17,20-21H,2-6,9-10,13-16,18H2,1H3,(H,26,27,28). The lowest BCUT2D eigenvalue weighted by Crippen LogP contribution is -2.47. The summed E-state index contributed by atoms with van der Waals surface area (Å²) in [7, 11) is 1.70. The van der Waals surface area contributed by atoms with Crippen LogP contribution in [-0.2, 0) is 6.54 Å². The third-order valence-corrected chi connectivity index (χ3v) is 7.07. The van der Waals surface area contributed by atoms with E-state index >= 15 is 0 Å². The first kappa shape index (κ1) is 20.6. The van der Waals surface area contributed by atoms with Gasteiger partial charge in [0.05, 0.1) is 12.8 Å². The molecule has 3 fully saturated rings. The van der Waals surface area contributed by atoms with E-state index in [4.69, 9.17) is 14.7 Å². The second-order valence-corrected chi connectivity index (χ2v) is 9.27. The Kier molecular flexibility index (Phi) is 6.25. The van der Waals surface area contributed by atoms with Gasteiger partial charge in [0, 0.05) is 50.7 Å². The summed E-state index contributed by atoms with van der Waals surface area (Å²) in [6.07, 6.45) is 9.28. The van der Waals surface area contributed by atoms with Gasteiger partial charge in [0.2, 0.25) is 5.95 Å². The van der Waals surface area contributed by atoms with Crippen LogP contribution in [0.4, 0.5) is 11.8 Å². The van der Waals surface area contributed by atoms with Gasteiger partial charge in [-0.2, -0.15) is 4.98 Å². The molecule has 31 heavy (non-hydrogen) atoms. The van der Waals surface area contributed by atoms with Crippen molar-refractivity contribution in [2.24, 2.45) is 0 Å². The molecule has 0 unspecified atom stereocenters. The Balaban J connectivity index is 1.32. The molecule has 5 rings (SSSR count). The zero-order chi connectivity index (χ0) is 21.0. The van der Waals surface area contributed by atoms with E-state index in [2.05, 4.69) is 33.3 Å². The minimum Gasteiger partial charge on any atom is -0.497 e. The SMILES string of the molecule is COc1ccc(CNc2nc(C3CCCCC3)cc(N3CCN(C4CC4)CC3)n2)cc1. The zero-order valence-corrected chi connectivity index (χ0v) is 18.7. The average Bonchev–Trinajstić information content (AvgIpc) is 3.69. The monoisotopic (exact) mass is 421 g/mol. The number of hydrogen-bond acceptors (Lipinski definition) is 6. The molecular formula is C25H35N5O. The Morgan fingerprint density at radius 3 is 2.35 bits per heavy atom. The van der Waals surface area contributed by atoms with Crippen LogP contribution < -0.4 is 15.0 Å². The first-order valence-corrected chi connectivity index (χ1v) is 12.0. The molecule has 0 bridgehead atoms. The molecule has 0 amide bonds. The first-order valence-electron chi connectivity index (χ1n) is 12.0. The molecule has 6 heteroatoms. The number of anilines is 2. The Hall–Kier alpha value is -2.34. The smallest absolute Gasteiger partial charge is 0.225 e. The fourth-order valence-electron chi connectivity index (χ4n) is 4.98. The number of methoxy groups -OCH3 is 1. The van der Waals surface area contributed by atoms with Crippen LogP contribution in [0.25, 0.3) is 0 Å². The van der Waals surface area contributed by atoms with Gasteiger partial charge in [0.25, 0.3) is 0 Å². The van der Waals surface area contributed by atoms with Crippen molar-refractivity contribution in [2.45, 2.75) is 63.5 Å². The second kappa shape index (κ2) is 9.43. The topological polar surface area (TPSA) is 53.5 Å². The number of benzene rings is 1. The molecule has 166 valence electrons. The third-order valence-electron chi connectivity index (χ3n) is 7.07. The van der Waals surface area contributed by atoms with Crippen molar-refractivity contribution < 1.29 is 4.74 Å². The van der Waals surface area contributed by atoms with Crippen LogP contribution in [0, 0.1) is 0 Å². The van der Waals surface area contributed by atoms with E-state index in [1.807, 2.05) is 12.1 Å². The van der Waals surface area contributed by atoms with E-state index in [0.717, 1.165) is 49.7 Å². The van der Waals surface area contributed by atoms with Crippen molar-refractivity contribution >= 4 is 11.8 Å². The van der Waals surface area contributed by atoms with E-state index in [-0.39, 0.29) is 0 Å². The molecule has 1 aromatic carbocycles. The highest BCUT2D eigenvalue weighted by molar-refractivity contribution is 5.46. The largest absolute Gasteiger partial charge is 0.497 e. The maximum absolute atomic E-state index is 5.27. The molecule has 1 aromatic heterocycles. The summed E-state index contributed by atoms with van der Waals surface area (Å²) >= 11 is 0. The van der Waals surface area contributed by atoms with E-state index in [1.54, 1.807) is 7.11 Å². The van der Waals surface area contributed by atoms with Crippen LogP contribution in [0.3, 0.4) is 0 Å². The lowest BCUT2D eigenvalue weighted by molar-refractivity contribution is 0.247. The molecule has 0 atom stereocenters. The summed E-state index contributed by atoms with van der Waals surface area (Å²) in [5, 5.41) is 3.49. The Bertz CT molecular complexity index is 853. The summed E-state index contributed by atoms with van der Waals surface area (Å²) < 4.78 is 5.27. The number of nitrogens with zero attached hydrogens (tertiary/aromatic N) is 4. The van der Waals surface area contributed by atoms with Crippen LogP contribution in [0.15, 0.2) is 30.3 Å². The molecule has 2 heterocycles. The molecule has 0 radical (unpaired) electrons. The van der Waals surface area contributed by atoms with Crippen molar-refractivity contribution in [1.29, 1.82) is 0 Å². The van der Waals surface area contributed by atoms with Crippen molar-refractivity contribution in [3.8, 4) is 5.75 Å². The van der Waals surface area contributed by atoms with Crippen LogP contribution in [0.2, 0.25) is 0 Å². The van der Waals surface area contributed by atoms with Gasteiger partial charge in [-0.15, -0.1) is 0 Å². The number of aromatic nitrogens is 2. The number of ether oxygens (including phenoxy) is 1. The van der Waals surface area contributed by atoms with Gasteiger partial charge in [-0.25, -0.2) is 4.98 Å². The normalized spacial score (nSPS) is 20.6. The van der Waals surface area contributed by atoms with Gasteiger partial charge >= 0.3 is 0 Å². The van der Waals surface area contributed by atoms with Crippen LogP contribution in [0.1, 0.15) is 62.1 Å². The minimum atomic E-state index is 0.574. The summed E-state index contributed by atoms with van der Waals surface area (Å²) in [5.41, 5.74) is 2.43. The van der Waals surface area contributed by atoms with Crippen molar-refractivity contribution in [3.05, 3.63) is 41.6 Å². The molecule has 3 aliphatic rings. The fourth-order valence-corrected chi connectivity index (χ4v) is 4.98. The van der Waals surface area contributed by atoms with E-state index in [9.17, 15) is 0 Å². The summed E-state index contributed by atoms with van der Waals surface area (Å²) in [6, 6.07) is 11.3. The number of nitrogens with one attached hydrogen (secondary N) is 1. The summed E-state index contributed by atoms with van der Waals surface area (Å²) in [5.74, 6) is 3.32. The predicted molar refractivity (Wildman–Crippen MR) is 125 cm³/mol. The molecule has 2 saturated carbocycles. The van der Waals surface area contributed by atoms with Crippen molar-refractivity contribution in [1.82, 2.24) is 14.9 Å². The van der Waals surface area contributed by atoms with E-state index in [1.165, 1.54) is 56.2 Å². The molecule has 2 aromatic rings. The zero-order valence-electron chi connectivity index (χ0n) is 18.7. The molecule has 2 aliphatic carbocycles. The highest BCUT2D eigenvalue weighted by atomic mass is 16.5. The van der Waals surface area contributed by atoms with Gasteiger partial charge in [-0.1, -0.05) is 31.4 Å². The molecule has 0 spiro atoms. The number of piperazine rings is 1. The second-order valence-electron chi connectivity index (χ2n) is 9.27. The maximum atomic E-state index is 5.27. The van der Waals surface area contributed by atoms with Gasteiger partial charge < -0.3 is 15.0 Å². The van der Waals surface area contributed by atoms with Gasteiger partial charge in [-0.05, 0) is 43.4 Å².